The number of amides is 1. The number of carbonyl (C=O) groups excluding carboxylic acids is 1. The molecule has 0 aromatic carbocycles. The fraction of sp³-hybridized carbons (Fsp3) is 0.538. The highest BCUT2D eigenvalue weighted by Crippen LogP contribution is 2.25. The number of pyridine rings is 1. The maximum atomic E-state index is 12.0. The Labute approximate surface area is 102 Å². The number of carbonyl (C=O) groups is 1. The van der Waals surface area contributed by atoms with E-state index in [1.54, 1.807) is 6.20 Å². The Hall–Kier alpha value is -1.58. The lowest BCUT2D eigenvalue weighted by atomic mass is 9.88. The van der Waals surface area contributed by atoms with Crippen LogP contribution in [0, 0.1) is 12.8 Å². The number of hydrogen-bond acceptors (Lipinski definition) is 3. The molecule has 1 aliphatic carbocycles. The maximum absolute atomic E-state index is 12.0. The monoisotopic (exact) mass is 233 g/mol. The predicted octanol–water partition coefficient (Wildman–Crippen LogP) is 2.49. The van der Waals surface area contributed by atoms with Gasteiger partial charge in [0.05, 0.1) is 11.9 Å². The van der Waals surface area contributed by atoms with Gasteiger partial charge in [0.25, 0.3) is 0 Å². The van der Waals surface area contributed by atoms with Crippen molar-refractivity contribution in [2.45, 2.75) is 39.0 Å². The molecule has 1 saturated carbocycles. The molecule has 0 spiro atoms. The molecule has 0 bridgehead atoms. The van der Waals surface area contributed by atoms with Crippen LogP contribution in [-0.4, -0.2) is 10.9 Å². The number of aryl methyl sites for hydroxylation is 1. The highest BCUT2D eigenvalue weighted by atomic mass is 16.1. The summed E-state index contributed by atoms with van der Waals surface area (Å²) in [6.07, 6.45) is 7.14. The fourth-order valence-electron chi connectivity index (χ4n) is 2.31. The molecule has 1 amide bonds. The van der Waals surface area contributed by atoms with Gasteiger partial charge in [0.1, 0.15) is 5.82 Å². The molecule has 0 radical (unpaired) electrons. The summed E-state index contributed by atoms with van der Waals surface area (Å²) in [5.41, 5.74) is 7.16. The molecule has 92 valence electrons. The topological polar surface area (TPSA) is 68.0 Å². The predicted molar refractivity (Wildman–Crippen MR) is 68.6 cm³/mol. The van der Waals surface area contributed by atoms with E-state index in [1.165, 1.54) is 6.42 Å². The van der Waals surface area contributed by atoms with Crippen LogP contribution in [-0.2, 0) is 4.79 Å². The lowest BCUT2D eigenvalue weighted by molar-refractivity contribution is -0.120. The Bertz CT molecular complexity index is 411. The maximum Gasteiger partial charge on any atom is 0.228 e. The third-order valence-corrected chi connectivity index (χ3v) is 3.32. The molecule has 2 rings (SSSR count). The largest absolute Gasteiger partial charge is 0.397 e. The van der Waals surface area contributed by atoms with Crippen molar-refractivity contribution in [3.8, 4) is 0 Å². The van der Waals surface area contributed by atoms with Crippen LogP contribution in [0.4, 0.5) is 11.5 Å². The van der Waals surface area contributed by atoms with Crippen molar-refractivity contribution < 1.29 is 4.79 Å². The minimum absolute atomic E-state index is 0.102. The van der Waals surface area contributed by atoms with Crippen LogP contribution in [0.25, 0.3) is 0 Å². The first-order valence-corrected chi connectivity index (χ1v) is 6.20. The number of nitrogens with two attached hydrogens (primary N) is 1. The molecule has 0 unspecified atom stereocenters. The average molecular weight is 233 g/mol. The SMILES string of the molecule is Cc1cc(N)cnc1NC(=O)C1CCCCC1. The summed E-state index contributed by atoms with van der Waals surface area (Å²) >= 11 is 0. The molecule has 1 fully saturated rings. The number of aromatic nitrogens is 1. The van der Waals surface area contributed by atoms with E-state index >= 15 is 0 Å². The van der Waals surface area contributed by atoms with Crippen LogP contribution in [0.1, 0.15) is 37.7 Å². The molecular weight excluding hydrogens is 214 g/mol. The van der Waals surface area contributed by atoms with Crippen molar-refractivity contribution in [2.75, 3.05) is 11.1 Å². The number of anilines is 2. The zero-order valence-corrected chi connectivity index (χ0v) is 10.2. The van der Waals surface area contributed by atoms with E-state index in [-0.39, 0.29) is 11.8 Å². The zero-order chi connectivity index (χ0) is 12.3. The highest BCUT2D eigenvalue weighted by Gasteiger charge is 2.21. The van der Waals surface area contributed by atoms with E-state index in [1.807, 2.05) is 13.0 Å². The number of nitrogens with zero attached hydrogens (tertiary/aromatic N) is 1. The first kappa shape index (κ1) is 11.9. The van der Waals surface area contributed by atoms with Crippen LogP contribution in [0.5, 0.6) is 0 Å². The summed E-state index contributed by atoms with van der Waals surface area (Å²) in [5, 5.41) is 2.90. The summed E-state index contributed by atoms with van der Waals surface area (Å²) in [6, 6.07) is 1.82. The van der Waals surface area contributed by atoms with E-state index < -0.39 is 0 Å². The normalized spacial score (nSPS) is 16.8. The minimum Gasteiger partial charge on any atom is -0.397 e. The average Bonchev–Trinajstić information content (AvgIpc) is 2.34. The summed E-state index contributed by atoms with van der Waals surface area (Å²) in [5.74, 6) is 0.891. The lowest BCUT2D eigenvalue weighted by Crippen LogP contribution is -2.25. The molecule has 4 heteroatoms. The Balaban J connectivity index is 2.02. The van der Waals surface area contributed by atoms with Gasteiger partial charge >= 0.3 is 0 Å². The van der Waals surface area contributed by atoms with Gasteiger partial charge in [-0.1, -0.05) is 19.3 Å². The Morgan fingerprint density at radius 1 is 1.41 bits per heavy atom. The Morgan fingerprint density at radius 3 is 2.76 bits per heavy atom. The quantitative estimate of drug-likeness (QED) is 0.824. The van der Waals surface area contributed by atoms with E-state index in [0.717, 1.165) is 31.2 Å². The van der Waals surface area contributed by atoms with Gasteiger partial charge in [0.2, 0.25) is 5.91 Å². The van der Waals surface area contributed by atoms with Gasteiger partial charge in [-0.25, -0.2) is 4.98 Å². The fourth-order valence-corrected chi connectivity index (χ4v) is 2.31. The molecule has 0 aliphatic heterocycles. The smallest absolute Gasteiger partial charge is 0.228 e. The van der Waals surface area contributed by atoms with Crippen LogP contribution in [0.3, 0.4) is 0 Å². The van der Waals surface area contributed by atoms with E-state index in [9.17, 15) is 4.79 Å². The van der Waals surface area contributed by atoms with E-state index in [2.05, 4.69) is 10.3 Å². The molecule has 3 N–H and O–H groups in total. The van der Waals surface area contributed by atoms with Crippen LogP contribution in [0.2, 0.25) is 0 Å². The number of hydrogen-bond donors (Lipinski definition) is 2. The van der Waals surface area contributed by atoms with Crippen molar-refractivity contribution in [3.05, 3.63) is 17.8 Å². The number of rotatable bonds is 2. The van der Waals surface area contributed by atoms with Crippen molar-refractivity contribution in [2.24, 2.45) is 5.92 Å². The molecule has 1 aromatic heterocycles. The summed E-state index contributed by atoms with van der Waals surface area (Å²) in [6.45, 7) is 1.90. The molecule has 0 saturated heterocycles. The molecule has 17 heavy (non-hydrogen) atoms. The third kappa shape index (κ3) is 2.96. The van der Waals surface area contributed by atoms with Gasteiger partial charge in [-0.2, -0.15) is 0 Å². The third-order valence-electron chi connectivity index (χ3n) is 3.32. The second kappa shape index (κ2) is 5.17. The lowest BCUT2D eigenvalue weighted by Gasteiger charge is -2.20. The van der Waals surface area contributed by atoms with Gasteiger partial charge < -0.3 is 11.1 Å². The zero-order valence-electron chi connectivity index (χ0n) is 10.2. The summed E-state index contributed by atoms with van der Waals surface area (Å²) in [4.78, 5) is 16.2. The van der Waals surface area contributed by atoms with E-state index in [4.69, 9.17) is 5.73 Å². The van der Waals surface area contributed by atoms with Crippen molar-refractivity contribution in [3.63, 3.8) is 0 Å². The van der Waals surface area contributed by atoms with Gasteiger partial charge in [-0.05, 0) is 31.4 Å². The van der Waals surface area contributed by atoms with Crippen molar-refractivity contribution >= 4 is 17.4 Å². The first-order valence-electron chi connectivity index (χ1n) is 6.20. The molecular formula is C13H19N3O. The standard InChI is InChI=1S/C13H19N3O/c1-9-7-11(14)8-15-12(9)16-13(17)10-5-3-2-4-6-10/h7-8,10H,2-6,14H2,1H3,(H,15,16,17). The minimum atomic E-state index is 0.102. The second-order valence-corrected chi connectivity index (χ2v) is 4.76. The van der Waals surface area contributed by atoms with Crippen LogP contribution in [0.15, 0.2) is 12.3 Å². The summed E-state index contributed by atoms with van der Waals surface area (Å²) < 4.78 is 0. The van der Waals surface area contributed by atoms with Crippen molar-refractivity contribution in [1.82, 2.24) is 4.98 Å². The number of nitrogens with one attached hydrogen (secondary N) is 1. The molecule has 0 atom stereocenters. The Morgan fingerprint density at radius 2 is 2.12 bits per heavy atom. The second-order valence-electron chi connectivity index (χ2n) is 4.76. The summed E-state index contributed by atoms with van der Waals surface area (Å²) in [7, 11) is 0. The van der Waals surface area contributed by atoms with E-state index in [0.29, 0.717) is 11.5 Å². The molecule has 4 nitrogen and oxygen atoms in total. The highest BCUT2D eigenvalue weighted by molar-refractivity contribution is 5.92. The van der Waals surface area contributed by atoms with Crippen LogP contribution < -0.4 is 11.1 Å². The first-order chi connectivity index (χ1) is 8.16. The molecule has 1 aliphatic rings. The van der Waals surface area contributed by atoms with Gasteiger partial charge in [-0.3, -0.25) is 4.79 Å². The van der Waals surface area contributed by atoms with Gasteiger partial charge in [-0.15, -0.1) is 0 Å². The number of nitrogen functional groups attached to an aromatic ring is 1. The van der Waals surface area contributed by atoms with Gasteiger partial charge in [0, 0.05) is 5.92 Å². The molecule has 1 aromatic rings. The molecule has 1 heterocycles. The van der Waals surface area contributed by atoms with Crippen molar-refractivity contribution in [1.29, 1.82) is 0 Å². The Kier molecular flexibility index (Phi) is 3.61. The van der Waals surface area contributed by atoms with Crippen LogP contribution >= 0.6 is 0 Å². The van der Waals surface area contributed by atoms with Gasteiger partial charge in [0.15, 0.2) is 0 Å².